The van der Waals surface area contributed by atoms with Crippen molar-refractivity contribution in [1.82, 2.24) is 34.8 Å². The molecule has 45 heavy (non-hydrogen) atoms. The number of urea groups is 1. The Labute approximate surface area is 254 Å². The summed E-state index contributed by atoms with van der Waals surface area (Å²) in [5.41, 5.74) is -2.70. The van der Waals surface area contributed by atoms with Crippen molar-refractivity contribution >= 4 is 17.8 Å². The Morgan fingerprint density at radius 2 is 1.87 bits per heavy atom. The fourth-order valence-corrected chi connectivity index (χ4v) is 6.45. The summed E-state index contributed by atoms with van der Waals surface area (Å²) in [6, 6.07) is 6.03. The number of nitrogens with one attached hydrogen (secondary N) is 1. The number of hydrogen-bond donors (Lipinski definition) is 1. The minimum atomic E-state index is -4.87. The first-order valence-electron chi connectivity index (χ1n) is 14.3. The minimum absolute atomic E-state index is 0.0173. The van der Waals surface area contributed by atoms with Crippen molar-refractivity contribution in [3.63, 3.8) is 0 Å². The number of hydrogen-bond acceptors (Lipinski definition) is 6. The molecule has 3 aliphatic rings. The number of pyridine rings is 1. The summed E-state index contributed by atoms with van der Waals surface area (Å²) >= 11 is 0. The second-order valence-electron chi connectivity index (χ2n) is 12.2. The fourth-order valence-electron chi connectivity index (χ4n) is 6.45. The van der Waals surface area contributed by atoms with E-state index < -0.39 is 79.7 Å². The van der Waals surface area contributed by atoms with Crippen LogP contribution in [0.5, 0.6) is 0 Å². The summed E-state index contributed by atoms with van der Waals surface area (Å²) in [6.07, 6.45) is -2.69. The van der Waals surface area contributed by atoms with Crippen molar-refractivity contribution in [3.8, 4) is 11.1 Å². The quantitative estimate of drug-likeness (QED) is 0.311. The third kappa shape index (κ3) is 4.93. The highest BCUT2D eigenvalue weighted by Crippen LogP contribution is 2.49. The standard InChI is InChI=1S/C30H30F5N7O3/c1-17(2)42-12-19(10-37-42)18-4-7-23-22(8-18)24(32)9-29(23)26(44)40(27(45)38-29)14-25(43)41(13-21-6-5-20(31)11-36-21)28(30(33,34)35)15-39(3)16-28/h4-8,10-12,17,24H,9,13-16H2,1-3H3,(H,38,45)/t24-,29+/m1/s1. The van der Waals surface area contributed by atoms with Gasteiger partial charge in [-0.25, -0.2) is 13.6 Å². The van der Waals surface area contributed by atoms with Crippen LogP contribution in [0.25, 0.3) is 11.1 Å². The molecule has 0 bridgehead atoms. The Balaban J connectivity index is 1.29. The number of halogens is 5. The lowest BCUT2D eigenvalue weighted by Gasteiger charge is -2.55. The second-order valence-corrected chi connectivity index (χ2v) is 12.2. The third-order valence-corrected chi connectivity index (χ3v) is 8.78. The molecule has 6 rings (SSSR count). The molecule has 1 N–H and O–H groups in total. The van der Waals surface area contributed by atoms with Crippen molar-refractivity contribution in [2.75, 3.05) is 26.7 Å². The van der Waals surface area contributed by atoms with Gasteiger partial charge >= 0.3 is 12.2 Å². The highest BCUT2D eigenvalue weighted by atomic mass is 19.4. The summed E-state index contributed by atoms with van der Waals surface area (Å²) < 4.78 is 74.3. The number of imide groups is 1. The Kier molecular flexibility index (Phi) is 7.21. The smallest absolute Gasteiger partial charge is 0.319 e. The predicted molar refractivity (Wildman–Crippen MR) is 149 cm³/mol. The molecule has 0 unspecified atom stereocenters. The van der Waals surface area contributed by atoms with Crippen molar-refractivity contribution in [2.24, 2.45) is 0 Å². The molecular weight excluding hydrogens is 601 g/mol. The third-order valence-electron chi connectivity index (χ3n) is 8.78. The highest BCUT2D eigenvalue weighted by molar-refractivity contribution is 6.10. The van der Waals surface area contributed by atoms with Gasteiger partial charge in [0, 0.05) is 37.3 Å². The molecule has 0 radical (unpaired) electrons. The molecule has 2 atom stereocenters. The van der Waals surface area contributed by atoms with Crippen LogP contribution in [0.2, 0.25) is 0 Å². The number of alkyl halides is 4. The van der Waals surface area contributed by atoms with Crippen LogP contribution >= 0.6 is 0 Å². The summed E-state index contributed by atoms with van der Waals surface area (Å²) in [4.78, 5) is 46.9. The van der Waals surface area contributed by atoms with E-state index in [4.69, 9.17) is 0 Å². The van der Waals surface area contributed by atoms with Gasteiger partial charge in [-0.15, -0.1) is 0 Å². The van der Waals surface area contributed by atoms with E-state index in [1.807, 2.05) is 13.8 Å². The zero-order chi connectivity index (χ0) is 32.5. The molecule has 2 aliphatic heterocycles. The second kappa shape index (κ2) is 10.6. The summed E-state index contributed by atoms with van der Waals surface area (Å²) in [6.45, 7) is 1.14. The lowest BCUT2D eigenvalue weighted by molar-refractivity contribution is -0.268. The summed E-state index contributed by atoms with van der Waals surface area (Å²) in [5.74, 6) is -2.81. The van der Waals surface area contributed by atoms with Gasteiger partial charge in [0.25, 0.3) is 5.91 Å². The zero-order valence-corrected chi connectivity index (χ0v) is 24.6. The highest BCUT2D eigenvalue weighted by Gasteiger charge is 2.66. The summed E-state index contributed by atoms with van der Waals surface area (Å²) in [5, 5.41) is 6.83. The van der Waals surface area contributed by atoms with Gasteiger partial charge in [-0.3, -0.25) is 24.2 Å². The maximum absolute atomic E-state index is 15.5. The molecule has 3 aromatic rings. The molecule has 4 heterocycles. The minimum Gasteiger partial charge on any atom is -0.319 e. The van der Waals surface area contributed by atoms with Gasteiger partial charge in [-0.1, -0.05) is 12.1 Å². The molecule has 2 fully saturated rings. The van der Waals surface area contributed by atoms with Crippen LogP contribution in [-0.4, -0.2) is 85.7 Å². The monoisotopic (exact) mass is 631 g/mol. The normalized spacial score (nSPS) is 22.6. The Bertz CT molecular complexity index is 1670. The molecule has 238 valence electrons. The van der Waals surface area contributed by atoms with Gasteiger partial charge in [-0.2, -0.15) is 18.3 Å². The number of nitrogens with zero attached hydrogens (tertiary/aromatic N) is 6. The van der Waals surface area contributed by atoms with E-state index in [1.54, 1.807) is 29.2 Å². The Morgan fingerprint density at radius 1 is 1.13 bits per heavy atom. The van der Waals surface area contributed by atoms with Crippen molar-refractivity contribution in [1.29, 1.82) is 0 Å². The van der Waals surface area contributed by atoms with Crippen molar-refractivity contribution in [2.45, 2.75) is 56.3 Å². The average Bonchev–Trinajstić information content (AvgIpc) is 3.62. The maximum atomic E-state index is 15.5. The van der Waals surface area contributed by atoms with E-state index in [2.05, 4.69) is 15.4 Å². The molecule has 2 saturated heterocycles. The van der Waals surface area contributed by atoms with Gasteiger partial charge < -0.3 is 15.1 Å². The Hall–Kier alpha value is -4.40. The largest absolute Gasteiger partial charge is 0.414 e. The number of rotatable bonds is 7. The van der Waals surface area contributed by atoms with Crippen LogP contribution in [0.4, 0.5) is 26.7 Å². The van der Waals surface area contributed by atoms with Crippen LogP contribution in [-0.2, 0) is 21.7 Å². The van der Waals surface area contributed by atoms with Crippen LogP contribution < -0.4 is 5.32 Å². The van der Waals surface area contributed by atoms with Gasteiger partial charge in [0.1, 0.15) is 24.1 Å². The van der Waals surface area contributed by atoms with Gasteiger partial charge in [0.2, 0.25) is 5.91 Å². The molecule has 2 aromatic heterocycles. The Morgan fingerprint density at radius 3 is 2.47 bits per heavy atom. The SMILES string of the molecule is CC(C)n1cc(-c2ccc3c(c2)[C@H](F)C[C@]32NC(=O)N(CC(=O)N(Cc3ccc(F)cn3)C3(C(F)(F)F)CN(C)C3)C2=O)cn1. The van der Waals surface area contributed by atoms with E-state index in [-0.39, 0.29) is 22.9 Å². The number of amides is 4. The van der Waals surface area contributed by atoms with Crippen LogP contribution in [0.15, 0.2) is 48.9 Å². The lowest BCUT2D eigenvalue weighted by atomic mass is 9.86. The van der Waals surface area contributed by atoms with E-state index in [1.165, 1.54) is 18.0 Å². The first kappa shape index (κ1) is 30.6. The van der Waals surface area contributed by atoms with Gasteiger partial charge in [-0.05, 0) is 55.8 Å². The topological polar surface area (TPSA) is 104 Å². The predicted octanol–water partition coefficient (Wildman–Crippen LogP) is 4.10. The lowest BCUT2D eigenvalue weighted by Crippen LogP contribution is -2.77. The van der Waals surface area contributed by atoms with E-state index in [9.17, 15) is 31.9 Å². The molecule has 4 amide bonds. The van der Waals surface area contributed by atoms with Gasteiger partial charge in [0.05, 0.1) is 24.6 Å². The maximum Gasteiger partial charge on any atom is 0.414 e. The summed E-state index contributed by atoms with van der Waals surface area (Å²) in [7, 11) is 1.46. The van der Waals surface area contributed by atoms with Gasteiger partial charge in [0.15, 0.2) is 5.54 Å². The van der Waals surface area contributed by atoms with E-state index in [0.717, 1.165) is 23.9 Å². The van der Waals surface area contributed by atoms with E-state index in [0.29, 0.717) is 15.4 Å². The number of likely N-dealkylation sites (tertiary alicyclic amines) is 1. The number of benzene rings is 1. The molecule has 1 aliphatic carbocycles. The average molecular weight is 632 g/mol. The van der Waals surface area contributed by atoms with E-state index >= 15 is 4.39 Å². The molecule has 10 nitrogen and oxygen atoms in total. The fraction of sp³-hybridized carbons (Fsp3) is 0.433. The first-order chi connectivity index (χ1) is 21.1. The number of fused-ring (bicyclic) bond motifs is 2. The van der Waals surface area contributed by atoms with Crippen LogP contribution in [0.1, 0.15) is 49.3 Å². The number of carbonyl (C=O) groups excluding carboxylic acids is 3. The number of aromatic nitrogens is 3. The number of likely N-dealkylation sites (N-methyl/N-ethyl adjacent to an activating group) is 1. The van der Waals surface area contributed by atoms with Crippen molar-refractivity contribution in [3.05, 3.63) is 71.6 Å². The first-order valence-corrected chi connectivity index (χ1v) is 14.3. The van der Waals surface area contributed by atoms with Crippen molar-refractivity contribution < 1.29 is 36.3 Å². The molecule has 1 aromatic carbocycles. The molecule has 0 saturated carbocycles. The zero-order valence-electron chi connectivity index (χ0n) is 24.6. The molecule has 15 heteroatoms. The number of carbonyl (C=O) groups is 3. The molecule has 1 spiro atoms. The van der Waals surface area contributed by atoms with Crippen LogP contribution in [0, 0.1) is 5.82 Å². The van der Waals surface area contributed by atoms with Crippen LogP contribution in [0.3, 0.4) is 0 Å². The molecular formula is C30H30F5N7O3.